The van der Waals surface area contributed by atoms with E-state index in [-0.39, 0.29) is 11.7 Å². The van der Waals surface area contributed by atoms with Crippen molar-refractivity contribution in [3.8, 4) is 0 Å². The Morgan fingerprint density at radius 2 is 1.44 bits per heavy atom. The van der Waals surface area contributed by atoms with Crippen LogP contribution in [0, 0.1) is 0 Å². The molecule has 4 nitrogen and oxygen atoms in total. The number of para-hydroxylation sites is 1. The first kappa shape index (κ1) is 16.6. The van der Waals surface area contributed by atoms with Crippen LogP contribution in [0.15, 0.2) is 85.2 Å². The van der Waals surface area contributed by atoms with Gasteiger partial charge in [-0.2, -0.15) is 4.57 Å². The van der Waals surface area contributed by atoms with Crippen molar-refractivity contribution in [1.82, 2.24) is 0 Å². The summed E-state index contributed by atoms with van der Waals surface area (Å²) >= 11 is 0. The number of carbonyl (C=O) groups is 2. The third kappa shape index (κ3) is 3.98. The second kappa shape index (κ2) is 7.53. The number of anilines is 1. The van der Waals surface area contributed by atoms with Crippen LogP contribution < -0.4 is 9.88 Å². The van der Waals surface area contributed by atoms with Gasteiger partial charge in [0.2, 0.25) is 11.8 Å². The summed E-state index contributed by atoms with van der Waals surface area (Å²) in [4.78, 5) is 25.0. The molecule has 3 rings (SSSR count). The molecule has 0 fully saturated rings. The van der Waals surface area contributed by atoms with Crippen LogP contribution in [0.25, 0.3) is 0 Å². The fraction of sp³-hybridized carbons (Fsp3) is 0.0952. The Labute approximate surface area is 146 Å². The summed E-state index contributed by atoms with van der Waals surface area (Å²) in [5.41, 5.74) is 1.89. The Morgan fingerprint density at radius 3 is 2.12 bits per heavy atom. The van der Waals surface area contributed by atoms with Gasteiger partial charge < -0.3 is 5.32 Å². The summed E-state index contributed by atoms with van der Waals surface area (Å²) < 4.78 is 1.76. The van der Waals surface area contributed by atoms with Gasteiger partial charge in [-0.25, -0.2) is 0 Å². The van der Waals surface area contributed by atoms with E-state index in [4.69, 9.17) is 0 Å². The zero-order valence-electron chi connectivity index (χ0n) is 13.9. The van der Waals surface area contributed by atoms with Gasteiger partial charge in [-0.05, 0) is 18.2 Å². The van der Waals surface area contributed by atoms with E-state index in [1.165, 1.54) is 0 Å². The highest BCUT2D eigenvalue weighted by Crippen LogP contribution is 2.11. The highest BCUT2D eigenvalue weighted by atomic mass is 16.1. The quantitative estimate of drug-likeness (QED) is 0.573. The van der Waals surface area contributed by atoms with Gasteiger partial charge in [-0.3, -0.25) is 9.59 Å². The van der Waals surface area contributed by atoms with Crippen molar-refractivity contribution in [2.75, 3.05) is 5.32 Å². The minimum atomic E-state index is -0.396. The number of ketones is 1. The Bertz CT molecular complexity index is 877. The second-order valence-corrected chi connectivity index (χ2v) is 5.77. The molecule has 0 bridgehead atoms. The van der Waals surface area contributed by atoms with Gasteiger partial charge in [0.05, 0.1) is 0 Å². The summed E-state index contributed by atoms with van der Waals surface area (Å²) in [5.74, 6) is -0.203. The van der Waals surface area contributed by atoms with Crippen molar-refractivity contribution >= 4 is 17.4 Å². The van der Waals surface area contributed by atoms with Crippen LogP contribution in [0.4, 0.5) is 5.69 Å². The number of rotatable bonds is 5. The molecule has 1 atom stereocenters. The normalized spacial score (nSPS) is 11.6. The van der Waals surface area contributed by atoms with E-state index >= 15 is 0 Å². The minimum Gasteiger partial charge on any atom is -0.322 e. The smallest absolute Gasteiger partial charge is 0.261 e. The summed E-state index contributed by atoms with van der Waals surface area (Å²) in [6.45, 7) is 1.83. The predicted molar refractivity (Wildman–Crippen MR) is 96.5 cm³/mol. The molecular weight excluding hydrogens is 312 g/mol. The first-order valence-corrected chi connectivity index (χ1v) is 8.11. The van der Waals surface area contributed by atoms with Gasteiger partial charge in [0.15, 0.2) is 12.4 Å². The summed E-state index contributed by atoms with van der Waals surface area (Å²) in [7, 11) is 0. The third-order valence-corrected chi connectivity index (χ3v) is 4.00. The third-order valence-electron chi connectivity index (χ3n) is 4.00. The molecule has 0 unspecified atom stereocenters. The maximum absolute atomic E-state index is 12.6. The number of Topliss-reactive ketones (excluding diaryl/α,β-unsaturated/α-hetero) is 1. The predicted octanol–water partition coefficient (Wildman–Crippen LogP) is 3.67. The molecule has 25 heavy (non-hydrogen) atoms. The van der Waals surface area contributed by atoms with E-state index in [1.54, 1.807) is 41.2 Å². The van der Waals surface area contributed by atoms with Crippen molar-refractivity contribution < 1.29 is 14.2 Å². The monoisotopic (exact) mass is 331 g/mol. The molecule has 2 aromatic carbocycles. The lowest BCUT2D eigenvalue weighted by molar-refractivity contribution is -0.704. The highest BCUT2D eigenvalue weighted by Gasteiger charge is 2.24. The molecule has 1 amide bonds. The average molecular weight is 331 g/mol. The molecule has 1 aromatic heterocycles. The van der Waals surface area contributed by atoms with E-state index in [0.717, 1.165) is 5.69 Å². The number of hydrogen-bond acceptors (Lipinski definition) is 2. The van der Waals surface area contributed by atoms with E-state index in [2.05, 4.69) is 5.32 Å². The van der Waals surface area contributed by atoms with Crippen LogP contribution in [0.1, 0.15) is 33.7 Å². The Kier molecular flexibility index (Phi) is 5.00. The number of carbonyl (C=O) groups excluding carboxylic acids is 2. The van der Waals surface area contributed by atoms with Crippen molar-refractivity contribution in [3.63, 3.8) is 0 Å². The van der Waals surface area contributed by atoms with Crippen LogP contribution >= 0.6 is 0 Å². The van der Waals surface area contributed by atoms with Crippen molar-refractivity contribution in [2.45, 2.75) is 13.0 Å². The SMILES string of the molecule is C[C@H](C(=O)c1ccccc1)[n+]1cccc(C(=O)Nc2ccccc2)c1. The Hall–Kier alpha value is -3.27. The van der Waals surface area contributed by atoms with Gasteiger partial charge in [0.25, 0.3) is 5.91 Å². The molecule has 0 spiro atoms. The number of pyridine rings is 1. The van der Waals surface area contributed by atoms with Gasteiger partial charge in [0, 0.05) is 24.2 Å². The van der Waals surface area contributed by atoms with Crippen LogP contribution in [0.2, 0.25) is 0 Å². The molecule has 4 heteroatoms. The lowest BCUT2D eigenvalue weighted by Crippen LogP contribution is -2.42. The molecule has 0 saturated carbocycles. The summed E-state index contributed by atoms with van der Waals surface area (Å²) in [5, 5.41) is 2.85. The van der Waals surface area contributed by atoms with Gasteiger partial charge in [0.1, 0.15) is 5.56 Å². The first-order chi connectivity index (χ1) is 12.1. The minimum absolute atomic E-state index is 0.00576. The largest absolute Gasteiger partial charge is 0.322 e. The number of aromatic nitrogens is 1. The van der Waals surface area contributed by atoms with Crippen LogP contribution in [-0.4, -0.2) is 11.7 Å². The van der Waals surface area contributed by atoms with Gasteiger partial charge in [-0.1, -0.05) is 48.5 Å². The molecule has 0 aliphatic heterocycles. The zero-order chi connectivity index (χ0) is 17.6. The molecular formula is C21H19N2O2+. The number of nitrogens with one attached hydrogen (secondary N) is 1. The second-order valence-electron chi connectivity index (χ2n) is 5.77. The highest BCUT2D eigenvalue weighted by molar-refractivity contribution is 6.04. The number of benzene rings is 2. The number of nitrogens with zero attached hydrogens (tertiary/aromatic N) is 1. The molecule has 0 aliphatic rings. The number of hydrogen-bond donors (Lipinski definition) is 1. The van der Waals surface area contributed by atoms with Gasteiger partial charge in [-0.15, -0.1) is 0 Å². The molecule has 3 aromatic rings. The maximum atomic E-state index is 12.6. The standard InChI is InChI=1S/C21H18N2O2/c1-16(20(24)17-9-4-2-5-10-17)23-14-8-11-18(15-23)21(25)22-19-12-6-3-7-13-19/h2-16H,1H3/p+1/t16-/m1/s1. The Morgan fingerprint density at radius 1 is 0.840 bits per heavy atom. The fourth-order valence-corrected chi connectivity index (χ4v) is 2.57. The van der Waals surface area contributed by atoms with Crippen molar-refractivity contribution in [2.24, 2.45) is 0 Å². The zero-order valence-corrected chi connectivity index (χ0v) is 13.9. The van der Waals surface area contributed by atoms with Gasteiger partial charge >= 0.3 is 0 Å². The average Bonchev–Trinajstić information content (AvgIpc) is 2.68. The summed E-state index contributed by atoms with van der Waals surface area (Å²) in [6.07, 6.45) is 3.49. The van der Waals surface area contributed by atoms with Crippen LogP contribution in [0.3, 0.4) is 0 Å². The molecule has 0 aliphatic carbocycles. The summed E-state index contributed by atoms with van der Waals surface area (Å²) in [6, 6.07) is 21.5. The Balaban J connectivity index is 1.79. The molecule has 0 saturated heterocycles. The number of amides is 1. The van der Waals surface area contributed by atoms with Crippen molar-refractivity contribution in [3.05, 3.63) is 96.3 Å². The van der Waals surface area contributed by atoms with E-state index in [9.17, 15) is 9.59 Å². The van der Waals surface area contributed by atoms with Crippen molar-refractivity contribution in [1.29, 1.82) is 0 Å². The lowest BCUT2D eigenvalue weighted by Gasteiger charge is -2.08. The van der Waals surface area contributed by atoms with Crippen LogP contribution in [-0.2, 0) is 0 Å². The molecule has 0 radical (unpaired) electrons. The van der Waals surface area contributed by atoms with E-state index in [1.807, 2.05) is 55.5 Å². The lowest BCUT2D eigenvalue weighted by atomic mass is 10.1. The maximum Gasteiger partial charge on any atom is 0.261 e. The van der Waals surface area contributed by atoms with E-state index < -0.39 is 6.04 Å². The molecule has 1 N–H and O–H groups in total. The molecule has 124 valence electrons. The molecule has 1 heterocycles. The van der Waals surface area contributed by atoms with Crippen LogP contribution in [0.5, 0.6) is 0 Å². The first-order valence-electron chi connectivity index (χ1n) is 8.11. The fourth-order valence-electron chi connectivity index (χ4n) is 2.57. The topological polar surface area (TPSA) is 50.0 Å². The van der Waals surface area contributed by atoms with E-state index in [0.29, 0.717) is 11.1 Å².